The zero-order valence-corrected chi connectivity index (χ0v) is 11.1. The third kappa shape index (κ3) is 3.14. The quantitative estimate of drug-likeness (QED) is 0.788. The summed E-state index contributed by atoms with van der Waals surface area (Å²) in [5, 5.41) is 10.4. The average Bonchev–Trinajstić information content (AvgIpc) is 2.81. The maximum absolute atomic E-state index is 11.9. The third-order valence-electron chi connectivity index (χ3n) is 2.64. The second kappa shape index (κ2) is 5.57. The molecule has 6 nitrogen and oxygen atoms in total. The predicted octanol–water partition coefficient (Wildman–Crippen LogP) is 0.379. The molecule has 0 atom stereocenters. The largest absolute Gasteiger partial charge is 0.389 e. The Kier molecular flexibility index (Phi) is 3.86. The molecule has 98 valence electrons. The van der Waals surface area contributed by atoms with Crippen molar-refractivity contribution in [1.29, 1.82) is 0 Å². The van der Waals surface area contributed by atoms with Crippen LogP contribution in [0.2, 0.25) is 0 Å². The monoisotopic (exact) mass is 275 g/mol. The van der Waals surface area contributed by atoms with E-state index in [0.29, 0.717) is 22.9 Å². The lowest BCUT2D eigenvalue weighted by atomic mass is 10.1. The van der Waals surface area contributed by atoms with E-state index in [2.05, 4.69) is 15.5 Å². The molecule has 0 fully saturated rings. The van der Waals surface area contributed by atoms with Crippen molar-refractivity contribution in [2.75, 3.05) is 0 Å². The van der Waals surface area contributed by atoms with Gasteiger partial charge < -0.3 is 15.6 Å². The van der Waals surface area contributed by atoms with Gasteiger partial charge in [-0.15, -0.1) is 10.2 Å². The molecule has 0 aliphatic carbocycles. The lowest BCUT2D eigenvalue weighted by Gasteiger charge is -2.05. The summed E-state index contributed by atoms with van der Waals surface area (Å²) in [5.74, 6) is 0.505. The van der Waals surface area contributed by atoms with Crippen LogP contribution in [0.5, 0.6) is 0 Å². The topological polar surface area (TPSA) is 85.8 Å². The Morgan fingerprint density at radius 1 is 1.37 bits per heavy atom. The van der Waals surface area contributed by atoms with Gasteiger partial charge in [0, 0.05) is 18.2 Å². The second-order valence-electron chi connectivity index (χ2n) is 3.98. The van der Waals surface area contributed by atoms with E-state index in [4.69, 9.17) is 18.0 Å². The van der Waals surface area contributed by atoms with Crippen molar-refractivity contribution in [3.05, 3.63) is 47.5 Å². The van der Waals surface area contributed by atoms with Crippen LogP contribution in [0.4, 0.5) is 0 Å². The summed E-state index contributed by atoms with van der Waals surface area (Å²) in [6.07, 6.45) is 1.58. The summed E-state index contributed by atoms with van der Waals surface area (Å²) in [6, 6.07) is 6.81. The number of aromatic nitrogens is 3. The number of thiocarbonyl (C=S) groups is 1. The molecule has 1 aromatic carbocycles. The minimum absolute atomic E-state index is 0.183. The third-order valence-corrected chi connectivity index (χ3v) is 2.88. The number of rotatable bonds is 4. The first-order chi connectivity index (χ1) is 9.08. The Morgan fingerprint density at radius 3 is 2.53 bits per heavy atom. The summed E-state index contributed by atoms with van der Waals surface area (Å²) in [4.78, 5) is 12.2. The molecule has 0 unspecified atom stereocenters. The van der Waals surface area contributed by atoms with Gasteiger partial charge in [0.05, 0.1) is 6.54 Å². The van der Waals surface area contributed by atoms with E-state index in [0.717, 1.165) is 5.56 Å². The van der Waals surface area contributed by atoms with Crippen LogP contribution in [0.25, 0.3) is 0 Å². The van der Waals surface area contributed by atoms with Crippen LogP contribution in [-0.4, -0.2) is 25.7 Å². The van der Waals surface area contributed by atoms with Crippen LogP contribution in [-0.2, 0) is 13.6 Å². The lowest BCUT2D eigenvalue weighted by molar-refractivity contribution is 0.0949. The highest BCUT2D eigenvalue weighted by atomic mass is 32.1. The van der Waals surface area contributed by atoms with E-state index in [-0.39, 0.29) is 5.91 Å². The molecule has 0 radical (unpaired) electrons. The van der Waals surface area contributed by atoms with E-state index in [1.54, 1.807) is 35.2 Å². The van der Waals surface area contributed by atoms with Crippen molar-refractivity contribution in [3.63, 3.8) is 0 Å². The number of hydrogen-bond acceptors (Lipinski definition) is 4. The van der Waals surface area contributed by atoms with Gasteiger partial charge in [-0.2, -0.15) is 0 Å². The number of nitrogens with two attached hydrogens (primary N) is 1. The van der Waals surface area contributed by atoms with Crippen LogP contribution in [0.1, 0.15) is 21.7 Å². The van der Waals surface area contributed by atoms with Gasteiger partial charge in [-0.25, -0.2) is 0 Å². The molecule has 2 rings (SSSR count). The van der Waals surface area contributed by atoms with E-state index in [1.807, 2.05) is 7.05 Å². The number of benzene rings is 1. The van der Waals surface area contributed by atoms with Crippen molar-refractivity contribution in [3.8, 4) is 0 Å². The molecule has 0 aliphatic heterocycles. The van der Waals surface area contributed by atoms with Gasteiger partial charge in [-0.3, -0.25) is 4.79 Å². The molecular formula is C12H13N5OS. The van der Waals surface area contributed by atoms with Gasteiger partial charge >= 0.3 is 0 Å². The minimum Gasteiger partial charge on any atom is -0.389 e. The molecule has 0 saturated heterocycles. The van der Waals surface area contributed by atoms with Crippen molar-refractivity contribution in [2.45, 2.75) is 6.54 Å². The Balaban J connectivity index is 2.00. The van der Waals surface area contributed by atoms with Gasteiger partial charge in [0.15, 0.2) is 5.82 Å². The highest BCUT2D eigenvalue weighted by Crippen LogP contribution is 2.04. The fraction of sp³-hybridized carbons (Fsp3) is 0.167. The van der Waals surface area contributed by atoms with Crippen LogP contribution in [0, 0.1) is 0 Å². The first-order valence-corrected chi connectivity index (χ1v) is 5.99. The van der Waals surface area contributed by atoms with Gasteiger partial charge in [0.1, 0.15) is 11.3 Å². The molecule has 2 aromatic rings. The van der Waals surface area contributed by atoms with Crippen molar-refractivity contribution >= 4 is 23.1 Å². The maximum Gasteiger partial charge on any atom is 0.251 e. The Hall–Kier alpha value is -2.28. The predicted molar refractivity (Wildman–Crippen MR) is 74.5 cm³/mol. The molecule has 7 heteroatoms. The summed E-state index contributed by atoms with van der Waals surface area (Å²) >= 11 is 4.85. The minimum atomic E-state index is -0.183. The number of aryl methyl sites for hydroxylation is 1. The molecule has 19 heavy (non-hydrogen) atoms. The first-order valence-electron chi connectivity index (χ1n) is 5.59. The Bertz CT molecular complexity index is 605. The number of hydrogen-bond donors (Lipinski definition) is 2. The summed E-state index contributed by atoms with van der Waals surface area (Å²) < 4.78 is 1.75. The molecule has 0 aliphatic rings. The smallest absolute Gasteiger partial charge is 0.251 e. The molecule has 3 N–H and O–H groups in total. The molecule has 1 amide bonds. The maximum atomic E-state index is 11.9. The standard InChI is InChI=1S/C12H13N5OS/c1-17-7-15-16-10(17)6-14-12(18)9-4-2-8(3-5-9)11(13)19/h2-5,7H,6H2,1H3,(H2,13,19)(H,14,18). The second-order valence-corrected chi connectivity index (χ2v) is 4.42. The Morgan fingerprint density at radius 2 is 2.00 bits per heavy atom. The molecule has 0 spiro atoms. The summed E-state index contributed by atoms with van der Waals surface area (Å²) in [6.45, 7) is 0.326. The zero-order chi connectivity index (χ0) is 13.8. The van der Waals surface area contributed by atoms with Crippen molar-refractivity contribution in [2.24, 2.45) is 12.8 Å². The summed E-state index contributed by atoms with van der Waals surface area (Å²) in [5.41, 5.74) is 6.77. The first kappa shape index (κ1) is 13.2. The van der Waals surface area contributed by atoms with E-state index in [9.17, 15) is 4.79 Å². The highest BCUT2D eigenvalue weighted by molar-refractivity contribution is 7.80. The zero-order valence-electron chi connectivity index (χ0n) is 10.3. The molecule has 1 aromatic heterocycles. The number of amides is 1. The van der Waals surface area contributed by atoms with Crippen LogP contribution < -0.4 is 11.1 Å². The van der Waals surface area contributed by atoms with E-state index < -0.39 is 0 Å². The lowest BCUT2D eigenvalue weighted by Crippen LogP contribution is -2.24. The molecule has 0 saturated carbocycles. The molecular weight excluding hydrogens is 262 g/mol. The van der Waals surface area contributed by atoms with Crippen LogP contribution in [0.3, 0.4) is 0 Å². The molecule has 1 heterocycles. The average molecular weight is 275 g/mol. The summed E-state index contributed by atoms with van der Waals surface area (Å²) in [7, 11) is 1.82. The van der Waals surface area contributed by atoms with Crippen LogP contribution in [0.15, 0.2) is 30.6 Å². The highest BCUT2D eigenvalue weighted by Gasteiger charge is 2.07. The van der Waals surface area contributed by atoms with Gasteiger partial charge in [0.2, 0.25) is 0 Å². The van der Waals surface area contributed by atoms with Gasteiger partial charge in [-0.05, 0) is 12.1 Å². The van der Waals surface area contributed by atoms with Crippen molar-refractivity contribution in [1.82, 2.24) is 20.1 Å². The SMILES string of the molecule is Cn1cnnc1CNC(=O)c1ccc(C(N)=S)cc1. The number of carbonyl (C=O) groups excluding carboxylic acids is 1. The van der Waals surface area contributed by atoms with E-state index in [1.165, 1.54) is 0 Å². The van der Waals surface area contributed by atoms with Crippen LogP contribution >= 0.6 is 12.2 Å². The number of nitrogens with zero attached hydrogens (tertiary/aromatic N) is 3. The normalized spacial score (nSPS) is 10.2. The Labute approximate surface area is 115 Å². The van der Waals surface area contributed by atoms with Gasteiger partial charge in [0.25, 0.3) is 5.91 Å². The van der Waals surface area contributed by atoms with Gasteiger partial charge in [-0.1, -0.05) is 24.4 Å². The van der Waals surface area contributed by atoms with Crippen molar-refractivity contribution < 1.29 is 4.79 Å². The fourth-order valence-corrected chi connectivity index (χ4v) is 1.65. The number of carbonyl (C=O) groups is 1. The fourth-order valence-electron chi connectivity index (χ4n) is 1.51. The van der Waals surface area contributed by atoms with E-state index >= 15 is 0 Å². The molecule has 0 bridgehead atoms. The number of nitrogens with one attached hydrogen (secondary N) is 1.